The van der Waals surface area contributed by atoms with Gasteiger partial charge in [0.05, 0.1) is 11.0 Å². The van der Waals surface area contributed by atoms with Gasteiger partial charge in [-0.15, -0.1) is 13.2 Å². The zero-order valence-electron chi connectivity index (χ0n) is 7.88. The molecule has 1 rings (SSSR count). The molecule has 1 heterocycles. The fourth-order valence-electron chi connectivity index (χ4n) is 1.05. The lowest BCUT2D eigenvalue weighted by atomic mass is 10.2. The van der Waals surface area contributed by atoms with Crippen molar-refractivity contribution in [3.8, 4) is 5.88 Å². The third kappa shape index (κ3) is 3.44. The van der Waals surface area contributed by atoms with Crippen LogP contribution in [0.25, 0.3) is 0 Å². The summed E-state index contributed by atoms with van der Waals surface area (Å²) in [5.74, 6) is -0.992. The Balaban J connectivity index is 3.38. The smallest absolute Gasteiger partial charge is 0.389 e. The zero-order chi connectivity index (χ0) is 13.2. The molecule has 0 unspecified atom stereocenters. The van der Waals surface area contributed by atoms with Crippen LogP contribution in [0.4, 0.5) is 18.9 Å². The number of alkyl halides is 4. The summed E-state index contributed by atoms with van der Waals surface area (Å²) in [6, 6.07) is 0.583. The number of H-pyrrole nitrogens is 1. The number of nitrogens with zero attached hydrogens (tertiary/aromatic N) is 1. The Morgan fingerprint density at radius 3 is 2.53 bits per heavy atom. The Labute approximate surface area is 99.7 Å². The number of pyridine rings is 1. The van der Waals surface area contributed by atoms with Gasteiger partial charge in [-0.3, -0.25) is 19.9 Å². The number of aromatic amines is 1. The van der Waals surface area contributed by atoms with E-state index in [0.717, 1.165) is 0 Å². The lowest BCUT2D eigenvalue weighted by Gasteiger charge is -2.11. The minimum absolute atomic E-state index is 0.272. The average molecular weight is 317 g/mol. The fraction of sp³-hybridized carbons (Fsp3) is 0.286. The molecule has 0 radical (unpaired) electrons. The van der Waals surface area contributed by atoms with Gasteiger partial charge in [-0.1, -0.05) is 15.9 Å². The van der Waals surface area contributed by atoms with Crippen molar-refractivity contribution in [1.29, 1.82) is 0 Å². The first kappa shape index (κ1) is 13.5. The SMILES string of the molecule is O=c1cc([N+](=O)[O-])c(CBr)c(OC(F)(F)F)[nH]1. The summed E-state index contributed by atoms with van der Waals surface area (Å²) in [5, 5.41) is 10.3. The van der Waals surface area contributed by atoms with Gasteiger partial charge < -0.3 is 4.74 Å². The monoisotopic (exact) mass is 316 g/mol. The molecule has 0 aromatic carbocycles. The normalized spacial score (nSPS) is 11.3. The number of ether oxygens (including phenoxy) is 1. The van der Waals surface area contributed by atoms with Gasteiger partial charge in [0.1, 0.15) is 5.56 Å². The van der Waals surface area contributed by atoms with Gasteiger partial charge >= 0.3 is 6.36 Å². The quantitative estimate of drug-likeness (QED) is 0.525. The number of halogens is 4. The predicted molar refractivity (Wildman–Crippen MR) is 53.0 cm³/mol. The Hall–Kier alpha value is -1.58. The number of nitro groups is 1. The average Bonchev–Trinajstić information content (AvgIpc) is 2.14. The first-order valence-corrected chi connectivity index (χ1v) is 5.09. The maximum atomic E-state index is 12.0. The van der Waals surface area contributed by atoms with E-state index in [1.165, 1.54) is 0 Å². The van der Waals surface area contributed by atoms with E-state index >= 15 is 0 Å². The van der Waals surface area contributed by atoms with Gasteiger partial charge in [0.25, 0.3) is 11.2 Å². The Bertz CT molecular complexity index is 499. The number of hydrogen-bond acceptors (Lipinski definition) is 4. The summed E-state index contributed by atoms with van der Waals surface area (Å²) >= 11 is 2.79. The second kappa shape index (κ2) is 4.73. The topological polar surface area (TPSA) is 85.2 Å². The third-order valence-electron chi connectivity index (χ3n) is 1.64. The number of nitrogens with one attached hydrogen (secondary N) is 1. The fourth-order valence-corrected chi connectivity index (χ4v) is 1.59. The van der Waals surface area contributed by atoms with Crippen molar-refractivity contribution < 1.29 is 22.8 Å². The van der Waals surface area contributed by atoms with E-state index in [2.05, 4.69) is 20.7 Å². The molecule has 1 aromatic heterocycles. The molecule has 0 saturated carbocycles. The second-order valence-corrected chi connectivity index (χ2v) is 3.33. The van der Waals surface area contributed by atoms with Crippen LogP contribution in [0.3, 0.4) is 0 Å². The van der Waals surface area contributed by atoms with E-state index in [9.17, 15) is 28.1 Å². The van der Waals surface area contributed by atoms with Crippen molar-refractivity contribution in [3.63, 3.8) is 0 Å². The predicted octanol–water partition coefficient (Wildman–Crippen LogP) is 2.08. The summed E-state index contributed by atoms with van der Waals surface area (Å²) in [7, 11) is 0. The molecule has 0 bridgehead atoms. The highest BCUT2D eigenvalue weighted by Gasteiger charge is 2.34. The maximum Gasteiger partial charge on any atom is 0.574 e. The van der Waals surface area contributed by atoms with E-state index in [1.54, 1.807) is 4.98 Å². The molecule has 1 aromatic rings. The van der Waals surface area contributed by atoms with Crippen LogP contribution in [0.1, 0.15) is 5.56 Å². The maximum absolute atomic E-state index is 12.0. The number of aromatic nitrogens is 1. The van der Waals surface area contributed by atoms with E-state index in [0.29, 0.717) is 6.07 Å². The molecule has 0 fully saturated rings. The zero-order valence-corrected chi connectivity index (χ0v) is 9.46. The van der Waals surface area contributed by atoms with Gasteiger partial charge in [-0.2, -0.15) is 0 Å². The Kier molecular flexibility index (Phi) is 3.76. The first-order valence-electron chi connectivity index (χ1n) is 3.97. The van der Waals surface area contributed by atoms with Gasteiger partial charge in [-0.25, -0.2) is 0 Å². The van der Waals surface area contributed by atoms with Gasteiger partial charge in [-0.05, 0) is 0 Å². The molecular formula is C7H4BrF3N2O4. The van der Waals surface area contributed by atoms with Gasteiger partial charge in [0.15, 0.2) is 0 Å². The highest BCUT2D eigenvalue weighted by atomic mass is 79.9. The van der Waals surface area contributed by atoms with E-state index in [-0.39, 0.29) is 5.33 Å². The highest BCUT2D eigenvalue weighted by molar-refractivity contribution is 9.08. The van der Waals surface area contributed by atoms with Crippen molar-refractivity contribution >= 4 is 21.6 Å². The summed E-state index contributed by atoms with van der Waals surface area (Å²) in [6.07, 6.45) is -5.05. The third-order valence-corrected chi connectivity index (χ3v) is 2.20. The summed E-state index contributed by atoms with van der Waals surface area (Å²) in [5.41, 5.74) is -2.20. The van der Waals surface area contributed by atoms with Crippen LogP contribution in [-0.4, -0.2) is 16.3 Å². The van der Waals surface area contributed by atoms with Crippen molar-refractivity contribution in [1.82, 2.24) is 4.98 Å². The van der Waals surface area contributed by atoms with Crippen molar-refractivity contribution in [2.45, 2.75) is 11.7 Å². The van der Waals surface area contributed by atoms with Crippen molar-refractivity contribution in [3.05, 3.63) is 32.1 Å². The van der Waals surface area contributed by atoms with Crippen LogP contribution in [0, 0.1) is 10.1 Å². The number of rotatable bonds is 3. The largest absolute Gasteiger partial charge is 0.574 e. The minimum Gasteiger partial charge on any atom is -0.389 e. The lowest BCUT2D eigenvalue weighted by molar-refractivity contribution is -0.385. The Morgan fingerprint density at radius 2 is 2.12 bits per heavy atom. The van der Waals surface area contributed by atoms with Crippen LogP contribution in [0.5, 0.6) is 5.88 Å². The molecule has 17 heavy (non-hydrogen) atoms. The van der Waals surface area contributed by atoms with Gasteiger partial charge in [0.2, 0.25) is 5.88 Å². The lowest BCUT2D eigenvalue weighted by Crippen LogP contribution is -2.21. The minimum atomic E-state index is -5.05. The summed E-state index contributed by atoms with van der Waals surface area (Å²) < 4.78 is 39.5. The van der Waals surface area contributed by atoms with E-state index in [4.69, 9.17) is 0 Å². The van der Waals surface area contributed by atoms with Crippen LogP contribution >= 0.6 is 15.9 Å². The molecule has 0 saturated heterocycles. The second-order valence-electron chi connectivity index (χ2n) is 2.77. The van der Waals surface area contributed by atoms with E-state index < -0.39 is 34.0 Å². The van der Waals surface area contributed by atoms with Crippen LogP contribution < -0.4 is 10.3 Å². The van der Waals surface area contributed by atoms with Crippen LogP contribution in [0.15, 0.2) is 10.9 Å². The van der Waals surface area contributed by atoms with Crippen molar-refractivity contribution in [2.24, 2.45) is 0 Å². The Morgan fingerprint density at radius 1 is 1.53 bits per heavy atom. The molecule has 0 atom stereocenters. The molecule has 0 aliphatic heterocycles. The molecule has 0 spiro atoms. The van der Waals surface area contributed by atoms with Gasteiger partial charge in [0, 0.05) is 5.33 Å². The summed E-state index contributed by atoms with van der Waals surface area (Å²) in [4.78, 5) is 22.3. The molecule has 10 heteroatoms. The molecule has 94 valence electrons. The molecule has 0 aliphatic rings. The van der Waals surface area contributed by atoms with Crippen LogP contribution in [-0.2, 0) is 5.33 Å². The summed E-state index contributed by atoms with van der Waals surface area (Å²) in [6.45, 7) is 0. The molecule has 6 nitrogen and oxygen atoms in total. The standard InChI is InChI=1S/C7H4BrF3N2O4/c8-2-3-4(13(15)16)1-5(14)12-6(3)17-7(9,10)11/h1H,2H2,(H,12,14). The van der Waals surface area contributed by atoms with Crippen LogP contribution in [0.2, 0.25) is 0 Å². The molecule has 0 aliphatic carbocycles. The highest BCUT2D eigenvalue weighted by Crippen LogP contribution is 2.30. The molecule has 0 amide bonds. The van der Waals surface area contributed by atoms with E-state index in [1.807, 2.05) is 0 Å². The van der Waals surface area contributed by atoms with Crippen molar-refractivity contribution in [2.75, 3.05) is 0 Å². The first-order chi connectivity index (χ1) is 7.74. The number of hydrogen-bond donors (Lipinski definition) is 1. The molecular weight excluding hydrogens is 313 g/mol. The molecule has 1 N–H and O–H groups in total.